The Morgan fingerprint density at radius 3 is 2.47 bits per heavy atom. The van der Waals surface area contributed by atoms with Crippen LogP contribution in [0.15, 0.2) is 82.8 Å². The third kappa shape index (κ3) is 4.40. The SMILES string of the molecule is N#Cc1ccnc(-c2ccc(C=NNc3nc(-c4ccccc4)c(C#N)c(=O)[nH]3)cc2)c1. The molecular weight excluding hydrogens is 402 g/mol. The van der Waals surface area contributed by atoms with Crippen molar-refractivity contribution in [3.63, 3.8) is 0 Å². The molecule has 0 radical (unpaired) electrons. The average Bonchev–Trinajstić information content (AvgIpc) is 2.85. The van der Waals surface area contributed by atoms with E-state index in [2.05, 4.69) is 31.5 Å². The van der Waals surface area contributed by atoms with Crippen LogP contribution in [0.5, 0.6) is 0 Å². The molecule has 0 atom stereocenters. The number of benzene rings is 2. The lowest BCUT2D eigenvalue weighted by atomic mass is 10.1. The summed E-state index contributed by atoms with van der Waals surface area (Å²) in [6.07, 6.45) is 3.17. The van der Waals surface area contributed by atoms with Gasteiger partial charge < -0.3 is 0 Å². The molecule has 0 fully saturated rings. The van der Waals surface area contributed by atoms with Gasteiger partial charge in [0.25, 0.3) is 5.56 Å². The second-order valence-electron chi connectivity index (χ2n) is 6.65. The van der Waals surface area contributed by atoms with Gasteiger partial charge in [0.05, 0.1) is 29.2 Å². The maximum Gasteiger partial charge on any atom is 0.270 e. The van der Waals surface area contributed by atoms with Gasteiger partial charge in [0.15, 0.2) is 0 Å². The van der Waals surface area contributed by atoms with Gasteiger partial charge in [0.2, 0.25) is 5.95 Å². The molecule has 32 heavy (non-hydrogen) atoms. The molecule has 4 rings (SSSR count). The Balaban J connectivity index is 1.53. The number of hydrogen-bond donors (Lipinski definition) is 2. The molecule has 0 bridgehead atoms. The van der Waals surface area contributed by atoms with Crippen molar-refractivity contribution in [3.05, 3.63) is 100.0 Å². The van der Waals surface area contributed by atoms with Crippen molar-refractivity contribution in [2.75, 3.05) is 5.43 Å². The number of rotatable bonds is 5. The van der Waals surface area contributed by atoms with Crippen LogP contribution in [0.2, 0.25) is 0 Å². The lowest BCUT2D eigenvalue weighted by Crippen LogP contribution is -2.16. The zero-order valence-corrected chi connectivity index (χ0v) is 16.6. The molecule has 0 aliphatic heterocycles. The lowest BCUT2D eigenvalue weighted by Gasteiger charge is -2.06. The van der Waals surface area contributed by atoms with Gasteiger partial charge >= 0.3 is 0 Å². The van der Waals surface area contributed by atoms with E-state index < -0.39 is 5.56 Å². The van der Waals surface area contributed by atoms with E-state index in [1.807, 2.05) is 36.4 Å². The molecule has 8 nitrogen and oxygen atoms in total. The third-order valence-electron chi connectivity index (χ3n) is 4.56. The van der Waals surface area contributed by atoms with Gasteiger partial charge in [-0.25, -0.2) is 10.4 Å². The Bertz CT molecular complexity index is 1430. The number of nitrogens with one attached hydrogen (secondary N) is 2. The highest BCUT2D eigenvalue weighted by Crippen LogP contribution is 2.20. The summed E-state index contributed by atoms with van der Waals surface area (Å²) in [7, 11) is 0. The number of nitrogens with zero attached hydrogens (tertiary/aromatic N) is 5. The number of pyridine rings is 1. The maximum absolute atomic E-state index is 12.3. The van der Waals surface area contributed by atoms with Crippen LogP contribution < -0.4 is 11.0 Å². The Morgan fingerprint density at radius 1 is 0.969 bits per heavy atom. The topological polar surface area (TPSA) is 131 Å². The van der Waals surface area contributed by atoms with Crippen molar-refractivity contribution in [1.82, 2.24) is 15.0 Å². The van der Waals surface area contributed by atoms with Crippen molar-refractivity contribution in [2.45, 2.75) is 0 Å². The molecule has 0 unspecified atom stereocenters. The van der Waals surface area contributed by atoms with Crippen LogP contribution in [0.4, 0.5) is 5.95 Å². The van der Waals surface area contributed by atoms with Crippen molar-refractivity contribution < 1.29 is 0 Å². The van der Waals surface area contributed by atoms with E-state index in [0.29, 0.717) is 16.8 Å². The van der Waals surface area contributed by atoms with Gasteiger partial charge in [0, 0.05) is 17.3 Å². The predicted molar refractivity (Wildman–Crippen MR) is 121 cm³/mol. The molecule has 2 heterocycles. The Morgan fingerprint density at radius 2 is 1.75 bits per heavy atom. The number of hydrazone groups is 1. The van der Waals surface area contributed by atoms with E-state index in [-0.39, 0.29) is 17.2 Å². The summed E-state index contributed by atoms with van der Waals surface area (Å²) in [4.78, 5) is 23.4. The van der Waals surface area contributed by atoms with Crippen LogP contribution in [0.3, 0.4) is 0 Å². The first-order valence-electron chi connectivity index (χ1n) is 9.53. The summed E-state index contributed by atoms with van der Waals surface area (Å²) in [6, 6.07) is 23.8. The highest BCUT2D eigenvalue weighted by atomic mass is 16.1. The summed E-state index contributed by atoms with van der Waals surface area (Å²) in [5.74, 6) is 0.123. The fraction of sp³-hybridized carbons (Fsp3) is 0. The molecule has 2 aromatic carbocycles. The summed E-state index contributed by atoms with van der Waals surface area (Å²) in [5, 5.41) is 22.5. The zero-order valence-electron chi connectivity index (χ0n) is 16.6. The van der Waals surface area contributed by atoms with Crippen LogP contribution in [-0.4, -0.2) is 21.2 Å². The predicted octanol–water partition coefficient (Wildman–Crippen LogP) is 3.69. The van der Waals surface area contributed by atoms with E-state index in [9.17, 15) is 10.1 Å². The van der Waals surface area contributed by atoms with E-state index in [0.717, 1.165) is 11.1 Å². The molecule has 0 aliphatic rings. The molecule has 0 aliphatic carbocycles. The maximum atomic E-state index is 12.3. The van der Waals surface area contributed by atoms with Crippen LogP contribution in [-0.2, 0) is 0 Å². The molecule has 0 saturated heterocycles. The number of aromatic amines is 1. The summed E-state index contributed by atoms with van der Waals surface area (Å²) in [5.41, 5.74) is 5.97. The van der Waals surface area contributed by atoms with E-state index in [1.165, 1.54) is 0 Å². The minimum Gasteiger partial charge on any atom is -0.290 e. The number of aromatic nitrogens is 3. The van der Waals surface area contributed by atoms with Gasteiger partial charge in [-0.2, -0.15) is 15.6 Å². The molecule has 4 aromatic rings. The largest absolute Gasteiger partial charge is 0.290 e. The monoisotopic (exact) mass is 417 g/mol. The first kappa shape index (κ1) is 20.2. The standard InChI is InChI=1S/C24H15N7O/c25-13-17-10-11-27-21(12-17)18-8-6-16(7-9-18)15-28-31-24-29-22(19-4-2-1-3-5-19)20(14-26)23(32)30-24/h1-12,15H,(H2,29,30,31,32). The Labute approximate surface area is 183 Å². The smallest absolute Gasteiger partial charge is 0.270 e. The molecule has 0 saturated carbocycles. The number of hydrogen-bond acceptors (Lipinski definition) is 7. The van der Waals surface area contributed by atoms with Crippen molar-refractivity contribution in [3.8, 4) is 34.7 Å². The lowest BCUT2D eigenvalue weighted by molar-refractivity contribution is 1.08. The quantitative estimate of drug-likeness (QED) is 0.376. The van der Waals surface area contributed by atoms with Crippen LogP contribution in [0.1, 0.15) is 16.7 Å². The highest BCUT2D eigenvalue weighted by Gasteiger charge is 2.12. The van der Waals surface area contributed by atoms with E-state index >= 15 is 0 Å². The van der Waals surface area contributed by atoms with E-state index in [4.69, 9.17) is 5.26 Å². The molecule has 2 N–H and O–H groups in total. The van der Waals surface area contributed by atoms with E-state index in [1.54, 1.807) is 48.8 Å². The minimum atomic E-state index is -0.546. The number of H-pyrrole nitrogens is 1. The fourth-order valence-corrected chi connectivity index (χ4v) is 3.00. The minimum absolute atomic E-state index is 0.0598. The second-order valence-corrected chi connectivity index (χ2v) is 6.65. The average molecular weight is 417 g/mol. The van der Waals surface area contributed by atoms with Crippen LogP contribution >= 0.6 is 0 Å². The van der Waals surface area contributed by atoms with Crippen LogP contribution in [0.25, 0.3) is 22.5 Å². The van der Waals surface area contributed by atoms with Gasteiger partial charge in [-0.3, -0.25) is 14.8 Å². The first-order valence-corrected chi connectivity index (χ1v) is 9.53. The molecule has 8 heteroatoms. The molecule has 2 aromatic heterocycles. The first-order chi connectivity index (χ1) is 15.7. The number of nitriles is 2. The molecule has 0 amide bonds. The number of anilines is 1. The van der Waals surface area contributed by atoms with Gasteiger partial charge in [-0.05, 0) is 17.7 Å². The Hall–Kier alpha value is -5.08. The van der Waals surface area contributed by atoms with Gasteiger partial charge in [-0.1, -0.05) is 54.6 Å². The molecule has 152 valence electrons. The summed E-state index contributed by atoms with van der Waals surface area (Å²) < 4.78 is 0. The van der Waals surface area contributed by atoms with Gasteiger partial charge in [-0.15, -0.1) is 0 Å². The van der Waals surface area contributed by atoms with Crippen molar-refractivity contribution in [1.29, 1.82) is 10.5 Å². The van der Waals surface area contributed by atoms with Gasteiger partial charge in [0.1, 0.15) is 11.6 Å². The summed E-state index contributed by atoms with van der Waals surface area (Å²) >= 11 is 0. The molecule has 0 spiro atoms. The molecular formula is C24H15N7O. The summed E-state index contributed by atoms with van der Waals surface area (Å²) in [6.45, 7) is 0. The van der Waals surface area contributed by atoms with Crippen molar-refractivity contribution >= 4 is 12.2 Å². The highest BCUT2D eigenvalue weighted by molar-refractivity contribution is 5.81. The normalized spacial score (nSPS) is 10.4. The third-order valence-corrected chi connectivity index (χ3v) is 4.56. The zero-order chi connectivity index (χ0) is 22.3. The fourth-order valence-electron chi connectivity index (χ4n) is 3.00. The van der Waals surface area contributed by atoms with Crippen LogP contribution in [0, 0.1) is 22.7 Å². The Kier molecular flexibility index (Phi) is 5.78. The second kappa shape index (κ2) is 9.16. The van der Waals surface area contributed by atoms with Crippen molar-refractivity contribution in [2.24, 2.45) is 5.10 Å².